The second kappa shape index (κ2) is 7.47. The number of piperidine rings is 1. The van der Waals surface area contributed by atoms with Gasteiger partial charge in [0.1, 0.15) is 0 Å². The van der Waals surface area contributed by atoms with Crippen LogP contribution in [0, 0.1) is 5.92 Å². The van der Waals surface area contributed by atoms with Crippen molar-refractivity contribution >= 4 is 12.0 Å². The Labute approximate surface area is 120 Å². The fraction of sp³-hybridized carbons (Fsp3) is 0.857. The number of nitrogens with one attached hydrogen (secondary N) is 1. The van der Waals surface area contributed by atoms with Crippen LogP contribution < -0.4 is 5.32 Å². The van der Waals surface area contributed by atoms with Crippen LogP contribution in [0.4, 0.5) is 4.79 Å². The number of carbonyl (C=O) groups is 2. The predicted octanol–water partition coefficient (Wildman–Crippen LogP) is 1.70. The molecule has 2 unspecified atom stereocenters. The third-order valence-corrected chi connectivity index (χ3v) is 3.95. The summed E-state index contributed by atoms with van der Waals surface area (Å²) < 4.78 is 5.46. The zero-order valence-corrected chi connectivity index (χ0v) is 12.6. The molecule has 1 aliphatic rings. The fourth-order valence-corrected chi connectivity index (χ4v) is 2.38. The van der Waals surface area contributed by atoms with E-state index in [-0.39, 0.29) is 17.6 Å². The summed E-state index contributed by atoms with van der Waals surface area (Å²) in [5, 5.41) is 11.6. The molecule has 0 aromatic carbocycles. The lowest BCUT2D eigenvalue weighted by Gasteiger charge is -2.39. The van der Waals surface area contributed by atoms with Crippen molar-refractivity contribution in [3.63, 3.8) is 0 Å². The van der Waals surface area contributed by atoms with Crippen LogP contribution >= 0.6 is 0 Å². The van der Waals surface area contributed by atoms with Crippen molar-refractivity contribution in [1.82, 2.24) is 10.2 Å². The van der Waals surface area contributed by atoms with Crippen molar-refractivity contribution in [2.75, 3.05) is 26.7 Å². The maximum Gasteiger partial charge on any atom is 0.317 e. The van der Waals surface area contributed by atoms with Crippen molar-refractivity contribution < 1.29 is 19.4 Å². The predicted molar refractivity (Wildman–Crippen MR) is 75.7 cm³/mol. The lowest BCUT2D eigenvalue weighted by Crippen LogP contribution is -2.52. The van der Waals surface area contributed by atoms with E-state index in [1.807, 2.05) is 6.92 Å². The first-order valence-electron chi connectivity index (χ1n) is 7.19. The van der Waals surface area contributed by atoms with Gasteiger partial charge in [0.05, 0.1) is 18.1 Å². The third kappa shape index (κ3) is 5.00. The molecule has 116 valence electrons. The Morgan fingerprint density at radius 2 is 2.20 bits per heavy atom. The Kier molecular flexibility index (Phi) is 6.26. The van der Waals surface area contributed by atoms with Crippen molar-refractivity contribution in [2.45, 2.75) is 45.1 Å². The zero-order chi connectivity index (χ0) is 15.2. The first-order chi connectivity index (χ1) is 9.38. The first kappa shape index (κ1) is 16.8. The summed E-state index contributed by atoms with van der Waals surface area (Å²) in [5.41, 5.74) is -0.257. The molecule has 1 saturated heterocycles. The number of urea groups is 1. The van der Waals surface area contributed by atoms with Crippen molar-refractivity contribution in [3.8, 4) is 0 Å². The highest BCUT2D eigenvalue weighted by atomic mass is 16.5. The third-order valence-electron chi connectivity index (χ3n) is 3.95. The first-order valence-corrected chi connectivity index (χ1v) is 7.19. The van der Waals surface area contributed by atoms with Gasteiger partial charge in [0, 0.05) is 20.2 Å². The van der Waals surface area contributed by atoms with E-state index in [9.17, 15) is 9.59 Å². The van der Waals surface area contributed by atoms with Gasteiger partial charge in [0.2, 0.25) is 0 Å². The molecule has 6 heteroatoms. The number of carbonyl (C=O) groups excluding carboxylic acids is 1. The Hall–Kier alpha value is -1.30. The molecule has 0 aromatic heterocycles. The molecular formula is C14H26N2O4. The average molecular weight is 286 g/mol. The molecule has 0 aliphatic carbocycles. The number of hydrogen-bond donors (Lipinski definition) is 2. The minimum atomic E-state index is -0.789. The van der Waals surface area contributed by atoms with Gasteiger partial charge in [0.25, 0.3) is 0 Å². The summed E-state index contributed by atoms with van der Waals surface area (Å²) in [6, 6.07) is -0.0871. The lowest BCUT2D eigenvalue weighted by atomic mass is 9.95. The molecule has 1 rings (SSSR count). The molecule has 1 fully saturated rings. The summed E-state index contributed by atoms with van der Waals surface area (Å²) in [4.78, 5) is 24.5. The number of rotatable bonds is 6. The second-order valence-electron chi connectivity index (χ2n) is 5.79. The number of methoxy groups -OCH3 is 1. The minimum absolute atomic E-state index is 0.0871. The van der Waals surface area contributed by atoms with E-state index in [4.69, 9.17) is 9.84 Å². The smallest absolute Gasteiger partial charge is 0.317 e. The number of nitrogens with zero attached hydrogens (tertiary/aromatic N) is 1. The van der Waals surface area contributed by atoms with Gasteiger partial charge < -0.3 is 20.1 Å². The number of carboxylic acids is 1. The van der Waals surface area contributed by atoms with E-state index in [2.05, 4.69) is 5.32 Å². The van der Waals surface area contributed by atoms with Gasteiger partial charge in [-0.3, -0.25) is 4.79 Å². The summed E-state index contributed by atoms with van der Waals surface area (Å²) >= 11 is 0. The van der Waals surface area contributed by atoms with Crippen molar-refractivity contribution in [1.29, 1.82) is 0 Å². The number of aliphatic carboxylic acids is 1. The molecule has 2 amide bonds. The van der Waals surface area contributed by atoms with Gasteiger partial charge in [-0.1, -0.05) is 6.92 Å². The number of ether oxygens (including phenoxy) is 1. The number of carboxylic acid groups (broad SMARTS) is 1. The quantitative estimate of drug-likeness (QED) is 0.728. The SMILES string of the molecule is COC1(C)CCCN(C(=O)NCCCC(C)C(=O)O)C1. The zero-order valence-electron chi connectivity index (χ0n) is 12.6. The summed E-state index contributed by atoms with van der Waals surface area (Å²) in [6.45, 7) is 5.55. The maximum absolute atomic E-state index is 12.0. The molecule has 6 nitrogen and oxygen atoms in total. The highest BCUT2D eigenvalue weighted by Crippen LogP contribution is 2.23. The van der Waals surface area contributed by atoms with Gasteiger partial charge in [-0.2, -0.15) is 0 Å². The molecule has 1 heterocycles. The van der Waals surface area contributed by atoms with Gasteiger partial charge in [0.15, 0.2) is 0 Å². The van der Waals surface area contributed by atoms with Gasteiger partial charge in [-0.25, -0.2) is 4.79 Å². The maximum atomic E-state index is 12.0. The lowest BCUT2D eigenvalue weighted by molar-refractivity contribution is -0.141. The van der Waals surface area contributed by atoms with Gasteiger partial charge >= 0.3 is 12.0 Å². The number of amides is 2. The molecule has 20 heavy (non-hydrogen) atoms. The van der Waals surface area contributed by atoms with Crippen molar-refractivity contribution in [2.24, 2.45) is 5.92 Å². The average Bonchev–Trinajstić information content (AvgIpc) is 2.43. The standard InChI is InChI=1S/C14H26N2O4/c1-11(12(17)18)6-4-8-15-13(19)16-9-5-7-14(2,10-16)20-3/h11H,4-10H2,1-3H3,(H,15,19)(H,17,18). The molecule has 2 atom stereocenters. The topological polar surface area (TPSA) is 78.9 Å². The Balaban J connectivity index is 2.27. The monoisotopic (exact) mass is 286 g/mol. The molecule has 2 N–H and O–H groups in total. The molecular weight excluding hydrogens is 260 g/mol. The Morgan fingerprint density at radius 1 is 1.50 bits per heavy atom. The van der Waals surface area contributed by atoms with E-state index in [0.717, 1.165) is 19.4 Å². The second-order valence-corrected chi connectivity index (χ2v) is 5.79. The largest absolute Gasteiger partial charge is 0.481 e. The van der Waals surface area contributed by atoms with Crippen LogP contribution in [0.2, 0.25) is 0 Å². The molecule has 0 bridgehead atoms. The van der Waals surface area contributed by atoms with Crippen LogP contribution in [0.1, 0.15) is 39.5 Å². The Bertz CT molecular complexity index is 348. The van der Waals surface area contributed by atoms with E-state index in [1.54, 1.807) is 18.9 Å². The van der Waals surface area contributed by atoms with E-state index in [1.165, 1.54) is 0 Å². The number of likely N-dealkylation sites (tertiary alicyclic amines) is 1. The van der Waals surface area contributed by atoms with E-state index in [0.29, 0.717) is 25.9 Å². The van der Waals surface area contributed by atoms with Crippen LogP contribution in [0.5, 0.6) is 0 Å². The van der Waals surface area contributed by atoms with E-state index < -0.39 is 5.97 Å². The van der Waals surface area contributed by atoms with Crippen LogP contribution in [0.25, 0.3) is 0 Å². The van der Waals surface area contributed by atoms with E-state index >= 15 is 0 Å². The van der Waals surface area contributed by atoms with Crippen LogP contribution in [0.3, 0.4) is 0 Å². The highest BCUT2D eigenvalue weighted by molar-refractivity contribution is 5.74. The number of hydrogen-bond acceptors (Lipinski definition) is 3. The van der Waals surface area contributed by atoms with Crippen molar-refractivity contribution in [3.05, 3.63) is 0 Å². The molecule has 0 spiro atoms. The molecule has 1 aliphatic heterocycles. The summed E-state index contributed by atoms with van der Waals surface area (Å²) in [5.74, 6) is -1.15. The summed E-state index contributed by atoms with van der Waals surface area (Å²) in [7, 11) is 1.68. The normalized spacial score (nSPS) is 24.2. The van der Waals surface area contributed by atoms with Crippen LogP contribution in [-0.4, -0.2) is 54.4 Å². The minimum Gasteiger partial charge on any atom is -0.481 e. The van der Waals surface area contributed by atoms with Crippen LogP contribution in [0.15, 0.2) is 0 Å². The highest BCUT2D eigenvalue weighted by Gasteiger charge is 2.32. The van der Waals surface area contributed by atoms with Gasteiger partial charge in [-0.05, 0) is 32.6 Å². The molecule has 0 radical (unpaired) electrons. The Morgan fingerprint density at radius 3 is 2.80 bits per heavy atom. The molecule has 0 saturated carbocycles. The fourth-order valence-electron chi connectivity index (χ4n) is 2.38. The summed E-state index contributed by atoms with van der Waals surface area (Å²) in [6.07, 6.45) is 3.15. The van der Waals surface area contributed by atoms with Crippen LogP contribution in [-0.2, 0) is 9.53 Å². The molecule has 0 aromatic rings. The van der Waals surface area contributed by atoms with Gasteiger partial charge in [-0.15, -0.1) is 0 Å².